The number of nitrogens with zero attached hydrogens (tertiary/aromatic N) is 2. The molecule has 0 aromatic heterocycles. The number of aliphatic carboxylic acids is 1. The van der Waals surface area contributed by atoms with Crippen molar-refractivity contribution >= 4 is 27.6 Å². The Hall–Kier alpha value is -1.93. The molecule has 0 spiro atoms. The first-order valence-corrected chi connectivity index (χ1v) is 9.92. The number of carboxylic acid groups (broad SMARTS) is 1. The van der Waals surface area contributed by atoms with E-state index < -0.39 is 22.0 Å². The summed E-state index contributed by atoms with van der Waals surface area (Å²) in [5.41, 5.74) is 1.06. The van der Waals surface area contributed by atoms with Crippen molar-refractivity contribution in [1.82, 2.24) is 4.31 Å². The lowest BCUT2D eigenvalue weighted by molar-refractivity contribution is -0.139. The average Bonchev–Trinajstić information content (AvgIpc) is 2.73. The Morgan fingerprint density at radius 1 is 1.12 bits per heavy atom. The van der Waals surface area contributed by atoms with Gasteiger partial charge < -0.3 is 5.11 Å². The van der Waals surface area contributed by atoms with Gasteiger partial charge in [0.15, 0.2) is 0 Å². The molecule has 1 fully saturated rings. The Balaban J connectivity index is 1.96. The molecule has 0 saturated carbocycles. The molecular weight excluding hydrogens is 344 g/mol. The van der Waals surface area contributed by atoms with Crippen LogP contribution in [0.15, 0.2) is 23.1 Å². The van der Waals surface area contributed by atoms with E-state index in [0.29, 0.717) is 24.3 Å². The number of anilines is 1. The highest BCUT2D eigenvalue weighted by atomic mass is 32.2. The Morgan fingerprint density at radius 3 is 2.32 bits per heavy atom. The quantitative estimate of drug-likeness (QED) is 0.877. The molecule has 2 heterocycles. The number of carboxylic acids is 1. The van der Waals surface area contributed by atoms with Gasteiger partial charge in [-0.1, -0.05) is 12.8 Å². The third kappa shape index (κ3) is 3.28. The van der Waals surface area contributed by atoms with Crippen LogP contribution < -0.4 is 4.90 Å². The predicted molar refractivity (Wildman–Crippen MR) is 92.0 cm³/mol. The highest BCUT2D eigenvalue weighted by molar-refractivity contribution is 7.89. The predicted octanol–water partition coefficient (Wildman–Crippen LogP) is 1.61. The van der Waals surface area contributed by atoms with Gasteiger partial charge in [0.1, 0.15) is 6.04 Å². The van der Waals surface area contributed by atoms with E-state index in [1.165, 1.54) is 28.3 Å². The summed E-state index contributed by atoms with van der Waals surface area (Å²) >= 11 is 0. The number of sulfonamides is 1. The van der Waals surface area contributed by atoms with Gasteiger partial charge in [0.05, 0.1) is 4.90 Å². The lowest BCUT2D eigenvalue weighted by atomic mass is 10.1. The normalized spacial score (nSPS) is 21.6. The van der Waals surface area contributed by atoms with Gasteiger partial charge in [-0.05, 0) is 36.6 Å². The fourth-order valence-corrected chi connectivity index (χ4v) is 5.17. The first-order valence-electron chi connectivity index (χ1n) is 8.48. The fourth-order valence-electron chi connectivity index (χ4n) is 3.61. The summed E-state index contributed by atoms with van der Waals surface area (Å²) in [5, 5.41) is 9.35. The largest absolute Gasteiger partial charge is 0.480 e. The molecular formula is C17H22N2O5S. The highest BCUT2D eigenvalue weighted by Crippen LogP contribution is 2.35. The lowest BCUT2D eigenvalue weighted by Crippen LogP contribution is -2.41. The molecule has 1 aromatic carbocycles. The van der Waals surface area contributed by atoms with Crippen LogP contribution in [0.1, 0.15) is 38.2 Å². The first kappa shape index (κ1) is 17.9. The molecule has 2 aliphatic rings. The molecule has 0 radical (unpaired) electrons. The van der Waals surface area contributed by atoms with Gasteiger partial charge >= 0.3 is 5.97 Å². The Bertz CT molecular complexity index is 797. The van der Waals surface area contributed by atoms with Crippen molar-refractivity contribution in [3.05, 3.63) is 23.8 Å². The van der Waals surface area contributed by atoms with Gasteiger partial charge in [0, 0.05) is 32.1 Å². The lowest BCUT2D eigenvalue weighted by Gasteiger charge is -2.22. The molecule has 3 rings (SSSR count). The zero-order valence-corrected chi connectivity index (χ0v) is 15.0. The Morgan fingerprint density at radius 2 is 1.76 bits per heavy atom. The van der Waals surface area contributed by atoms with Crippen LogP contribution in [0.5, 0.6) is 0 Å². The number of benzene rings is 1. The van der Waals surface area contributed by atoms with Gasteiger partial charge in [-0.3, -0.25) is 9.69 Å². The highest BCUT2D eigenvalue weighted by Gasteiger charge is 2.38. The van der Waals surface area contributed by atoms with Gasteiger partial charge in [-0.2, -0.15) is 4.31 Å². The van der Waals surface area contributed by atoms with Crippen molar-refractivity contribution in [3.8, 4) is 0 Å². The monoisotopic (exact) mass is 366 g/mol. The van der Waals surface area contributed by atoms with E-state index in [2.05, 4.69) is 0 Å². The molecule has 0 aliphatic carbocycles. The molecule has 136 valence electrons. The van der Waals surface area contributed by atoms with Gasteiger partial charge in [-0.25, -0.2) is 13.2 Å². The van der Waals surface area contributed by atoms with Crippen LogP contribution in [0.25, 0.3) is 0 Å². The van der Waals surface area contributed by atoms with E-state index in [0.717, 1.165) is 25.7 Å². The summed E-state index contributed by atoms with van der Waals surface area (Å²) in [6, 6.07) is 3.56. The number of amides is 1. The zero-order chi connectivity index (χ0) is 18.2. The van der Waals surface area contributed by atoms with Crippen LogP contribution in [-0.4, -0.2) is 48.8 Å². The number of rotatable bonds is 3. The summed E-state index contributed by atoms with van der Waals surface area (Å²) < 4.78 is 27.3. The summed E-state index contributed by atoms with van der Waals surface area (Å²) in [6.07, 6.45) is 3.88. The molecule has 1 aromatic rings. The topological polar surface area (TPSA) is 95.0 Å². The molecule has 1 saturated heterocycles. The number of fused-ring (bicyclic) bond motifs is 1. The summed E-state index contributed by atoms with van der Waals surface area (Å²) in [7, 11) is -3.60. The molecule has 8 heteroatoms. The van der Waals surface area contributed by atoms with Crippen LogP contribution in [0.2, 0.25) is 0 Å². The maximum atomic E-state index is 12.9. The number of hydrogen-bond donors (Lipinski definition) is 1. The summed E-state index contributed by atoms with van der Waals surface area (Å²) in [5.74, 6) is -1.46. The van der Waals surface area contributed by atoms with E-state index in [4.69, 9.17) is 0 Å². The maximum absolute atomic E-state index is 12.9. The molecule has 1 atom stereocenters. The van der Waals surface area contributed by atoms with Crippen molar-refractivity contribution in [2.75, 3.05) is 18.0 Å². The van der Waals surface area contributed by atoms with Crippen molar-refractivity contribution in [2.45, 2.75) is 50.0 Å². The maximum Gasteiger partial charge on any atom is 0.327 e. The number of carbonyl (C=O) groups is 2. The number of carbonyl (C=O) groups excluding carboxylic acids is 1. The SMILES string of the molecule is CC(=O)N1c2ccc(S(=O)(=O)N3CCCCCC3)cc2C[C@@H]1C(=O)O. The molecule has 1 amide bonds. The van der Waals surface area contributed by atoms with Crippen molar-refractivity contribution < 1.29 is 23.1 Å². The molecule has 1 N–H and O–H groups in total. The van der Waals surface area contributed by atoms with Crippen molar-refractivity contribution in [3.63, 3.8) is 0 Å². The van der Waals surface area contributed by atoms with Crippen LogP contribution in [-0.2, 0) is 26.0 Å². The zero-order valence-electron chi connectivity index (χ0n) is 14.1. The minimum atomic E-state index is -3.60. The van der Waals surface area contributed by atoms with E-state index in [9.17, 15) is 23.1 Å². The number of hydrogen-bond acceptors (Lipinski definition) is 4. The molecule has 25 heavy (non-hydrogen) atoms. The smallest absolute Gasteiger partial charge is 0.327 e. The van der Waals surface area contributed by atoms with Gasteiger partial charge in [0.2, 0.25) is 15.9 Å². The average molecular weight is 366 g/mol. The van der Waals surface area contributed by atoms with Crippen molar-refractivity contribution in [2.24, 2.45) is 0 Å². The molecule has 0 bridgehead atoms. The van der Waals surface area contributed by atoms with Crippen LogP contribution in [0.4, 0.5) is 5.69 Å². The standard InChI is InChI=1S/C17H22N2O5S/c1-12(20)19-15-7-6-14(10-13(15)11-16(19)17(21)22)25(23,24)18-8-4-2-3-5-9-18/h6-7,10,16H,2-5,8-9,11H2,1H3,(H,21,22)/t16-/m1/s1. The van der Waals surface area contributed by atoms with E-state index in [1.807, 2.05) is 0 Å². The van der Waals surface area contributed by atoms with Gasteiger partial charge in [-0.15, -0.1) is 0 Å². The van der Waals surface area contributed by atoms with E-state index >= 15 is 0 Å². The van der Waals surface area contributed by atoms with Crippen LogP contribution in [0.3, 0.4) is 0 Å². The Kier molecular flexibility index (Phi) is 4.83. The minimum absolute atomic E-state index is 0.119. The summed E-state index contributed by atoms with van der Waals surface area (Å²) in [4.78, 5) is 24.7. The molecule has 7 nitrogen and oxygen atoms in total. The van der Waals surface area contributed by atoms with Crippen LogP contribution in [0, 0.1) is 0 Å². The third-order valence-electron chi connectivity index (χ3n) is 4.86. The second-order valence-electron chi connectivity index (χ2n) is 6.56. The fraction of sp³-hybridized carbons (Fsp3) is 0.529. The summed E-state index contributed by atoms with van der Waals surface area (Å²) in [6.45, 7) is 2.33. The minimum Gasteiger partial charge on any atom is -0.480 e. The van der Waals surface area contributed by atoms with Crippen LogP contribution >= 0.6 is 0 Å². The molecule has 0 unspecified atom stereocenters. The van der Waals surface area contributed by atoms with E-state index in [1.54, 1.807) is 6.07 Å². The third-order valence-corrected chi connectivity index (χ3v) is 6.76. The van der Waals surface area contributed by atoms with E-state index in [-0.39, 0.29) is 17.2 Å². The molecule has 2 aliphatic heterocycles. The Labute approximate surface area is 147 Å². The van der Waals surface area contributed by atoms with Crippen molar-refractivity contribution in [1.29, 1.82) is 0 Å². The first-order chi connectivity index (χ1) is 11.8. The second-order valence-corrected chi connectivity index (χ2v) is 8.49. The second kappa shape index (κ2) is 6.76. The van der Waals surface area contributed by atoms with Gasteiger partial charge in [0.25, 0.3) is 0 Å².